The summed E-state index contributed by atoms with van der Waals surface area (Å²) in [5, 5.41) is 10.7. The van der Waals surface area contributed by atoms with Gasteiger partial charge in [0.1, 0.15) is 0 Å². The van der Waals surface area contributed by atoms with E-state index in [1.54, 1.807) is 0 Å². The Morgan fingerprint density at radius 3 is 2.67 bits per heavy atom. The molecule has 7 heteroatoms. The first-order valence-corrected chi connectivity index (χ1v) is 4.62. The van der Waals surface area contributed by atoms with Gasteiger partial charge < -0.3 is 15.3 Å². The van der Waals surface area contributed by atoms with Gasteiger partial charge in [-0.25, -0.2) is 15.1 Å². The quantitative estimate of drug-likeness (QED) is 0.490. The maximum Gasteiger partial charge on any atom is 0.338 e. The molecular formula is C8H17N3O4. The number of carbonyl (C=O) groups excluding carboxylic acids is 1. The Bertz CT molecular complexity index is 210. The molecule has 0 aliphatic rings. The summed E-state index contributed by atoms with van der Waals surface area (Å²) < 4.78 is 0. The van der Waals surface area contributed by atoms with Crippen LogP contribution in [0, 0.1) is 0 Å². The molecule has 0 bridgehead atoms. The summed E-state index contributed by atoms with van der Waals surface area (Å²) in [5.74, 6) is -1.14. The summed E-state index contributed by atoms with van der Waals surface area (Å²) in [6.07, 6.45) is 0. The zero-order valence-corrected chi connectivity index (χ0v) is 8.95. The molecule has 0 spiro atoms. The Kier molecular flexibility index (Phi) is 7.29. The van der Waals surface area contributed by atoms with Crippen LogP contribution in [0.3, 0.4) is 0 Å². The summed E-state index contributed by atoms with van der Waals surface area (Å²) >= 11 is 0. The van der Waals surface area contributed by atoms with E-state index in [1.807, 2.05) is 24.4 Å². The van der Waals surface area contributed by atoms with Crippen molar-refractivity contribution < 1.29 is 19.5 Å². The van der Waals surface area contributed by atoms with Gasteiger partial charge >= 0.3 is 12.0 Å². The van der Waals surface area contributed by atoms with E-state index in [4.69, 9.17) is 5.11 Å². The number of amides is 2. The molecule has 0 radical (unpaired) electrons. The van der Waals surface area contributed by atoms with E-state index in [9.17, 15) is 9.59 Å². The lowest BCUT2D eigenvalue weighted by atomic mass is 10.5. The van der Waals surface area contributed by atoms with Crippen LogP contribution >= 0.6 is 0 Å². The minimum atomic E-state index is -1.14. The Balaban J connectivity index is 3.37. The number of likely N-dealkylation sites (N-methyl/N-ethyl adjacent to an activating group) is 1. The molecule has 0 aromatic carbocycles. The average Bonchev–Trinajstić information content (AvgIpc) is 2.17. The third-order valence-corrected chi connectivity index (χ3v) is 1.68. The highest BCUT2D eigenvalue weighted by molar-refractivity contribution is 5.73. The smallest absolute Gasteiger partial charge is 0.338 e. The van der Waals surface area contributed by atoms with Crippen LogP contribution in [-0.4, -0.2) is 55.3 Å². The molecule has 15 heavy (non-hydrogen) atoms. The van der Waals surface area contributed by atoms with E-state index in [-0.39, 0.29) is 0 Å². The highest BCUT2D eigenvalue weighted by Gasteiger charge is 2.02. The normalized spacial score (nSPS) is 10.1. The van der Waals surface area contributed by atoms with E-state index in [2.05, 4.69) is 10.2 Å². The molecule has 0 aliphatic carbocycles. The van der Waals surface area contributed by atoms with E-state index >= 15 is 0 Å². The molecular weight excluding hydrogens is 202 g/mol. The number of hydrogen-bond acceptors (Lipinski definition) is 4. The summed E-state index contributed by atoms with van der Waals surface area (Å²) in [7, 11) is 1.93. The molecule has 0 aromatic heterocycles. The number of hydrogen-bond donors (Lipinski definition) is 3. The second kappa shape index (κ2) is 8.01. The molecule has 7 nitrogen and oxygen atoms in total. The lowest BCUT2D eigenvalue weighted by Crippen LogP contribution is -2.40. The lowest BCUT2D eigenvalue weighted by Gasteiger charge is -2.13. The third-order valence-electron chi connectivity index (χ3n) is 1.68. The highest BCUT2D eigenvalue weighted by atomic mass is 16.7. The van der Waals surface area contributed by atoms with Crippen molar-refractivity contribution in [3.05, 3.63) is 0 Å². The minimum absolute atomic E-state index is 0.479. The maximum atomic E-state index is 10.9. The molecule has 0 saturated heterocycles. The number of rotatable bonds is 7. The topological polar surface area (TPSA) is 90.9 Å². The van der Waals surface area contributed by atoms with Gasteiger partial charge in [0, 0.05) is 13.1 Å². The van der Waals surface area contributed by atoms with Gasteiger partial charge in [-0.15, -0.1) is 0 Å². The molecule has 88 valence electrons. The molecule has 0 heterocycles. The number of urea groups is 1. The number of carbonyl (C=O) groups is 2. The van der Waals surface area contributed by atoms with Gasteiger partial charge in [-0.1, -0.05) is 6.92 Å². The van der Waals surface area contributed by atoms with Crippen molar-refractivity contribution in [2.45, 2.75) is 6.92 Å². The van der Waals surface area contributed by atoms with Gasteiger partial charge in [-0.2, -0.15) is 0 Å². The molecule has 0 atom stereocenters. The Morgan fingerprint density at radius 1 is 1.47 bits per heavy atom. The van der Waals surface area contributed by atoms with Gasteiger partial charge in [0.05, 0.1) is 0 Å². The second-order valence-corrected chi connectivity index (χ2v) is 2.94. The van der Waals surface area contributed by atoms with Gasteiger partial charge in [0.2, 0.25) is 0 Å². The fourth-order valence-electron chi connectivity index (χ4n) is 0.718. The monoisotopic (exact) mass is 219 g/mol. The predicted molar refractivity (Wildman–Crippen MR) is 53.3 cm³/mol. The second-order valence-electron chi connectivity index (χ2n) is 2.94. The standard InChI is InChI=1S/C8H17N3O4/c1-3-11(2)5-4-9-8(14)10-15-6-7(12)13/h3-6H2,1-2H3,(H,12,13)(H2,9,10,14). The first-order chi connectivity index (χ1) is 7.06. The number of carboxylic acids is 1. The zero-order chi connectivity index (χ0) is 11.7. The largest absolute Gasteiger partial charge is 0.479 e. The van der Waals surface area contributed by atoms with E-state index in [0.717, 1.165) is 13.1 Å². The predicted octanol–water partition coefficient (Wildman–Crippen LogP) is -0.746. The summed E-state index contributed by atoms with van der Waals surface area (Å²) in [4.78, 5) is 27.3. The molecule has 2 amide bonds. The maximum absolute atomic E-state index is 10.9. The average molecular weight is 219 g/mol. The first-order valence-electron chi connectivity index (χ1n) is 4.62. The minimum Gasteiger partial charge on any atom is -0.479 e. The van der Waals surface area contributed by atoms with Crippen molar-refractivity contribution >= 4 is 12.0 Å². The summed E-state index contributed by atoms with van der Waals surface area (Å²) in [6.45, 7) is 3.56. The number of hydroxylamine groups is 1. The number of nitrogens with one attached hydrogen (secondary N) is 2. The number of nitrogens with zero attached hydrogens (tertiary/aromatic N) is 1. The van der Waals surface area contributed by atoms with Crippen molar-refractivity contribution in [1.82, 2.24) is 15.7 Å². The molecule has 0 rings (SSSR count). The van der Waals surface area contributed by atoms with Crippen LogP contribution in [0.25, 0.3) is 0 Å². The third kappa shape index (κ3) is 8.98. The number of aliphatic carboxylic acids is 1. The van der Waals surface area contributed by atoms with Crippen molar-refractivity contribution in [3.63, 3.8) is 0 Å². The van der Waals surface area contributed by atoms with Crippen LogP contribution in [0.4, 0.5) is 4.79 Å². The fourth-order valence-corrected chi connectivity index (χ4v) is 0.718. The summed E-state index contributed by atoms with van der Waals surface area (Å²) in [6, 6.07) is -0.541. The van der Waals surface area contributed by atoms with Crippen LogP contribution in [0.2, 0.25) is 0 Å². The van der Waals surface area contributed by atoms with Crippen molar-refractivity contribution in [3.8, 4) is 0 Å². The van der Waals surface area contributed by atoms with E-state index < -0.39 is 18.6 Å². The fraction of sp³-hybridized carbons (Fsp3) is 0.750. The molecule has 0 saturated carbocycles. The Labute approximate surface area is 88.3 Å². The van der Waals surface area contributed by atoms with Gasteiger partial charge in [0.25, 0.3) is 0 Å². The van der Waals surface area contributed by atoms with Crippen molar-refractivity contribution in [2.75, 3.05) is 33.3 Å². The Morgan fingerprint density at radius 2 is 2.13 bits per heavy atom. The first kappa shape index (κ1) is 13.7. The molecule has 3 N–H and O–H groups in total. The molecule has 0 unspecified atom stereocenters. The van der Waals surface area contributed by atoms with Crippen LogP contribution in [0.1, 0.15) is 6.92 Å². The van der Waals surface area contributed by atoms with Crippen LogP contribution in [0.5, 0.6) is 0 Å². The van der Waals surface area contributed by atoms with Crippen molar-refractivity contribution in [1.29, 1.82) is 0 Å². The Hall–Kier alpha value is -1.34. The zero-order valence-electron chi connectivity index (χ0n) is 8.95. The highest BCUT2D eigenvalue weighted by Crippen LogP contribution is 1.78. The lowest BCUT2D eigenvalue weighted by molar-refractivity contribution is -0.144. The molecule has 0 aromatic rings. The molecule has 0 aliphatic heterocycles. The van der Waals surface area contributed by atoms with Crippen LogP contribution < -0.4 is 10.8 Å². The SMILES string of the molecule is CCN(C)CCNC(=O)NOCC(=O)O. The van der Waals surface area contributed by atoms with Crippen LogP contribution in [0.15, 0.2) is 0 Å². The van der Waals surface area contributed by atoms with Crippen LogP contribution in [-0.2, 0) is 9.63 Å². The van der Waals surface area contributed by atoms with Gasteiger partial charge in [-0.3, -0.25) is 4.84 Å². The van der Waals surface area contributed by atoms with E-state index in [1.165, 1.54) is 0 Å². The molecule has 0 fully saturated rings. The van der Waals surface area contributed by atoms with Crippen molar-refractivity contribution in [2.24, 2.45) is 0 Å². The van der Waals surface area contributed by atoms with Gasteiger partial charge in [0.15, 0.2) is 6.61 Å². The van der Waals surface area contributed by atoms with Gasteiger partial charge in [-0.05, 0) is 13.6 Å². The summed E-state index contributed by atoms with van der Waals surface area (Å²) in [5.41, 5.74) is 1.96. The van der Waals surface area contributed by atoms with E-state index in [0.29, 0.717) is 6.54 Å². The number of carboxylic acid groups (broad SMARTS) is 1.